The maximum atomic E-state index is 6.21. The summed E-state index contributed by atoms with van der Waals surface area (Å²) < 4.78 is 3.61. The lowest BCUT2D eigenvalue weighted by Gasteiger charge is -2.22. The molecule has 0 radical (unpaired) electrons. The number of aromatic nitrogens is 5. The minimum atomic E-state index is 0.414. The molecule has 1 saturated heterocycles. The predicted octanol–water partition coefficient (Wildman–Crippen LogP) is 1.66. The van der Waals surface area contributed by atoms with E-state index in [0.717, 1.165) is 48.5 Å². The Kier molecular flexibility index (Phi) is 3.49. The summed E-state index contributed by atoms with van der Waals surface area (Å²) in [6, 6.07) is 1.96. The molecule has 0 aromatic carbocycles. The van der Waals surface area contributed by atoms with E-state index < -0.39 is 0 Å². The number of anilines is 1. The molecule has 0 bridgehead atoms. The number of nitrogens with zero attached hydrogens (tertiary/aromatic N) is 5. The molecule has 0 amide bonds. The summed E-state index contributed by atoms with van der Waals surface area (Å²) in [6.07, 6.45) is 8.01. The molecule has 7 nitrogen and oxygen atoms in total. The Morgan fingerprint density at radius 2 is 2.26 bits per heavy atom. The van der Waals surface area contributed by atoms with Crippen LogP contribution in [0.4, 0.5) is 5.82 Å². The van der Waals surface area contributed by atoms with Gasteiger partial charge in [0, 0.05) is 42.4 Å². The smallest absolute Gasteiger partial charge is 0.165 e. The summed E-state index contributed by atoms with van der Waals surface area (Å²) in [5.74, 6) is 1.04. The van der Waals surface area contributed by atoms with Gasteiger partial charge >= 0.3 is 0 Å². The first-order valence-corrected chi connectivity index (χ1v) is 8.14. The van der Waals surface area contributed by atoms with Gasteiger partial charge < -0.3 is 11.1 Å². The Morgan fingerprint density at radius 1 is 1.35 bits per heavy atom. The second-order valence-corrected chi connectivity index (χ2v) is 6.03. The number of hydrogen-bond donors (Lipinski definition) is 2. The number of piperidine rings is 1. The molecule has 7 heteroatoms. The van der Waals surface area contributed by atoms with Crippen LogP contribution < -0.4 is 11.1 Å². The Hall–Kier alpha value is -2.41. The van der Waals surface area contributed by atoms with Gasteiger partial charge in [-0.1, -0.05) is 0 Å². The molecule has 0 aliphatic carbocycles. The normalized spacial score (nSPS) is 18.6. The molecule has 3 N–H and O–H groups in total. The van der Waals surface area contributed by atoms with Gasteiger partial charge in [0.1, 0.15) is 5.82 Å². The van der Waals surface area contributed by atoms with Crippen LogP contribution in [-0.2, 0) is 6.54 Å². The standard InChI is InChI=1S/C16H21N7/c1-2-22-10-12(8-19-22)13-9-20-23-15(17)6-14(21-16(13)23)11-4-3-5-18-7-11/h6,8-11,18H,2-5,7,17H2,1H3. The van der Waals surface area contributed by atoms with Crippen molar-refractivity contribution >= 4 is 11.5 Å². The van der Waals surface area contributed by atoms with Gasteiger partial charge in [-0.25, -0.2) is 4.98 Å². The molecule has 3 aromatic rings. The number of aryl methyl sites for hydroxylation is 1. The van der Waals surface area contributed by atoms with Gasteiger partial charge in [0.05, 0.1) is 18.1 Å². The summed E-state index contributed by atoms with van der Waals surface area (Å²) in [6.45, 7) is 4.95. The highest BCUT2D eigenvalue weighted by Crippen LogP contribution is 2.28. The van der Waals surface area contributed by atoms with Crippen molar-refractivity contribution in [2.45, 2.75) is 32.2 Å². The number of hydrogen-bond acceptors (Lipinski definition) is 5. The van der Waals surface area contributed by atoms with E-state index in [0.29, 0.717) is 11.7 Å². The van der Waals surface area contributed by atoms with Crippen molar-refractivity contribution in [2.75, 3.05) is 18.8 Å². The number of rotatable bonds is 3. The van der Waals surface area contributed by atoms with Gasteiger partial charge in [-0.05, 0) is 26.3 Å². The molecule has 1 atom stereocenters. The number of nitrogens with two attached hydrogens (primary N) is 1. The zero-order valence-corrected chi connectivity index (χ0v) is 13.2. The van der Waals surface area contributed by atoms with Gasteiger partial charge in [0.25, 0.3) is 0 Å². The maximum Gasteiger partial charge on any atom is 0.165 e. The molecule has 120 valence electrons. The maximum absolute atomic E-state index is 6.21. The fourth-order valence-electron chi connectivity index (χ4n) is 3.20. The Morgan fingerprint density at radius 3 is 3.00 bits per heavy atom. The van der Waals surface area contributed by atoms with E-state index in [2.05, 4.69) is 22.4 Å². The SMILES string of the molecule is CCn1cc(-c2cnn3c(N)cc(C4CCCNC4)nc23)cn1. The van der Waals surface area contributed by atoms with Crippen molar-refractivity contribution in [2.24, 2.45) is 0 Å². The average molecular weight is 311 g/mol. The second kappa shape index (κ2) is 5.66. The summed E-state index contributed by atoms with van der Waals surface area (Å²) in [5.41, 5.74) is 10.1. The van der Waals surface area contributed by atoms with Crippen LogP contribution >= 0.6 is 0 Å². The summed E-state index contributed by atoms with van der Waals surface area (Å²) in [5, 5.41) is 12.2. The molecule has 4 rings (SSSR count). The van der Waals surface area contributed by atoms with Crippen LogP contribution in [0, 0.1) is 0 Å². The third kappa shape index (κ3) is 2.46. The van der Waals surface area contributed by atoms with Crippen LogP contribution in [0.2, 0.25) is 0 Å². The van der Waals surface area contributed by atoms with Gasteiger partial charge in [0.2, 0.25) is 0 Å². The lowest BCUT2D eigenvalue weighted by atomic mass is 9.96. The van der Waals surface area contributed by atoms with E-state index in [9.17, 15) is 0 Å². The van der Waals surface area contributed by atoms with E-state index >= 15 is 0 Å². The highest BCUT2D eigenvalue weighted by atomic mass is 15.3. The Labute approximate surface area is 134 Å². The van der Waals surface area contributed by atoms with E-state index in [4.69, 9.17) is 10.7 Å². The fourth-order valence-corrected chi connectivity index (χ4v) is 3.20. The first kappa shape index (κ1) is 14.2. The van der Waals surface area contributed by atoms with Crippen LogP contribution in [0.1, 0.15) is 31.4 Å². The Balaban J connectivity index is 1.81. The molecular weight excluding hydrogens is 290 g/mol. The largest absolute Gasteiger partial charge is 0.384 e. The fraction of sp³-hybridized carbons (Fsp3) is 0.438. The molecule has 1 aliphatic heterocycles. The topological polar surface area (TPSA) is 86.1 Å². The highest BCUT2D eigenvalue weighted by Gasteiger charge is 2.20. The average Bonchev–Trinajstić information content (AvgIpc) is 3.22. The third-order valence-electron chi connectivity index (χ3n) is 4.50. The van der Waals surface area contributed by atoms with Crippen molar-refractivity contribution in [3.63, 3.8) is 0 Å². The number of nitrogens with one attached hydrogen (secondary N) is 1. The molecule has 0 saturated carbocycles. The third-order valence-corrected chi connectivity index (χ3v) is 4.50. The van der Waals surface area contributed by atoms with Crippen molar-refractivity contribution in [3.8, 4) is 11.1 Å². The molecule has 1 aliphatic rings. The van der Waals surface area contributed by atoms with Gasteiger partial charge in [0.15, 0.2) is 5.65 Å². The monoisotopic (exact) mass is 311 g/mol. The first-order chi connectivity index (χ1) is 11.3. The number of nitrogen functional groups attached to an aromatic ring is 1. The first-order valence-electron chi connectivity index (χ1n) is 8.14. The molecule has 23 heavy (non-hydrogen) atoms. The van der Waals surface area contributed by atoms with Crippen LogP contribution in [0.15, 0.2) is 24.7 Å². The molecule has 3 aromatic heterocycles. The lowest BCUT2D eigenvalue weighted by Crippen LogP contribution is -2.29. The van der Waals surface area contributed by atoms with Crippen LogP contribution in [0.25, 0.3) is 16.8 Å². The summed E-state index contributed by atoms with van der Waals surface area (Å²) in [7, 11) is 0. The minimum absolute atomic E-state index is 0.414. The molecule has 0 spiro atoms. The summed E-state index contributed by atoms with van der Waals surface area (Å²) >= 11 is 0. The minimum Gasteiger partial charge on any atom is -0.384 e. The van der Waals surface area contributed by atoms with Crippen LogP contribution in [0.5, 0.6) is 0 Å². The zero-order chi connectivity index (χ0) is 15.8. The van der Waals surface area contributed by atoms with E-state index in [1.807, 2.05) is 29.3 Å². The van der Waals surface area contributed by atoms with Crippen molar-refractivity contribution < 1.29 is 0 Å². The molecule has 1 unspecified atom stereocenters. The summed E-state index contributed by atoms with van der Waals surface area (Å²) in [4.78, 5) is 4.87. The Bertz CT molecular complexity index is 826. The van der Waals surface area contributed by atoms with Crippen LogP contribution in [-0.4, -0.2) is 37.5 Å². The van der Waals surface area contributed by atoms with E-state index in [1.54, 1.807) is 4.52 Å². The number of fused-ring (bicyclic) bond motifs is 1. The zero-order valence-electron chi connectivity index (χ0n) is 13.2. The van der Waals surface area contributed by atoms with Crippen molar-refractivity contribution in [1.29, 1.82) is 0 Å². The predicted molar refractivity (Wildman–Crippen MR) is 89.1 cm³/mol. The van der Waals surface area contributed by atoms with Crippen molar-refractivity contribution in [1.82, 2.24) is 29.7 Å². The van der Waals surface area contributed by atoms with Gasteiger partial charge in [-0.2, -0.15) is 14.7 Å². The van der Waals surface area contributed by atoms with Crippen LogP contribution in [0.3, 0.4) is 0 Å². The molecular formula is C16H21N7. The molecule has 1 fully saturated rings. The lowest BCUT2D eigenvalue weighted by molar-refractivity contribution is 0.455. The van der Waals surface area contributed by atoms with Gasteiger partial charge in [-0.15, -0.1) is 0 Å². The highest BCUT2D eigenvalue weighted by molar-refractivity contribution is 5.77. The van der Waals surface area contributed by atoms with Gasteiger partial charge in [-0.3, -0.25) is 4.68 Å². The second-order valence-electron chi connectivity index (χ2n) is 6.03. The quantitative estimate of drug-likeness (QED) is 0.768. The molecule has 4 heterocycles. The van der Waals surface area contributed by atoms with E-state index in [1.165, 1.54) is 6.42 Å². The van der Waals surface area contributed by atoms with E-state index in [-0.39, 0.29) is 0 Å². The van der Waals surface area contributed by atoms with Crippen molar-refractivity contribution in [3.05, 3.63) is 30.4 Å².